The number of nitrogens with zero attached hydrogens (tertiary/aromatic N) is 3. The Morgan fingerprint density at radius 2 is 1.97 bits per heavy atom. The number of hydrogen-bond donors (Lipinski definition) is 2. The molecule has 0 fully saturated rings. The fourth-order valence-corrected chi connectivity index (χ4v) is 3.06. The number of carbonyl (C=O) groups is 1. The highest BCUT2D eigenvalue weighted by molar-refractivity contribution is 5.78. The third-order valence-corrected chi connectivity index (χ3v) is 4.50. The normalized spacial score (nSPS) is 11.0. The van der Waals surface area contributed by atoms with E-state index in [-0.39, 0.29) is 23.7 Å². The molecule has 8 heteroatoms. The molecule has 0 aliphatic rings. The first kappa shape index (κ1) is 18.5. The zero-order valence-corrected chi connectivity index (χ0v) is 15.6. The van der Waals surface area contributed by atoms with Crippen LogP contribution in [-0.2, 0) is 17.8 Å². The zero-order valence-electron chi connectivity index (χ0n) is 15.6. The lowest BCUT2D eigenvalue weighted by Crippen LogP contribution is -2.27. The molecule has 2 aromatic carbocycles. The number of fused-ring (bicyclic) bond motifs is 1. The Bertz CT molecular complexity index is 1240. The summed E-state index contributed by atoms with van der Waals surface area (Å²) in [6.07, 6.45) is -0.0520. The predicted octanol–water partition coefficient (Wildman–Crippen LogP) is 2.39. The van der Waals surface area contributed by atoms with Crippen LogP contribution >= 0.6 is 0 Å². The maximum Gasteiger partial charge on any atom is 0.290 e. The van der Waals surface area contributed by atoms with Crippen LogP contribution in [0.1, 0.15) is 17.0 Å². The number of benzene rings is 2. The first-order valence-corrected chi connectivity index (χ1v) is 9.05. The molecule has 0 saturated heterocycles. The number of rotatable bonds is 5. The number of amides is 1. The van der Waals surface area contributed by atoms with E-state index < -0.39 is 5.56 Å². The van der Waals surface area contributed by atoms with Crippen molar-refractivity contribution in [2.45, 2.75) is 19.9 Å². The van der Waals surface area contributed by atoms with Gasteiger partial charge in [-0.3, -0.25) is 9.59 Å². The van der Waals surface area contributed by atoms with Crippen molar-refractivity contribution >= 4 is 11.4 Å². The lowest BCUT2D eigenvalue weighted by atomic mass is 10.1. The molecular weight excluding hydrogens is 373 g/mol. The van der Waals surface area contributed by atoms with Gasteiger partial charge in [-0.05, 0) is 42.8 Å². The van der Waals surface area contributed by atoms with Crippen molar-refractivity contribution in [1.29, 1.82) is 0 Å². The average molecular weight is 391 g/mol. The van der Waals surface area contributed by atoms with Gasteiger partial charge in [0.1, 0.15) is 11.3 Å². The summed E-state index contributed by atoms with van der Waals surface area (Å²) in [6.45, 7) is 2.38. The van der Waals surface area contributed by atoms with E-state index in [4.69, 9.17) is 0 Å². The number of nitrogens with one attached hydrogen (secondary N) is 2. The zero-order chi connectivity index (χ0) is 20.4. The van der Waals surface area contributed by atoms with Crippen LogP contribution in [0.15, 0.2) is 59.4 Å². The summed E-state index contributed by atoms with van der Waals surface area (Å²) in [6, 6.07) is 15.2. The largest absolute Gasteiger partial charge is 0.352 e. The molecule has 0 bridgehead atoms. The van der Waals surface area contributed by atoms with E-state index in [0.717, 1.165) is 11.1 Å². The molecule has 2 aromatic heterocycles. The first-order chi connectivity index (χ1) is 14.0. The number of aromatic amines is 1. The molecule has 4 aromatic rings. The van der Waals surface area contributed by atoms with E-state index in [0.29, 0.717) is 23.6 Å². The quantitative estimate of drug-likeness (QED) is 0.546. The van der Waals surface area contributed by atoms with Crippen LogP contribution in [0.25, 0.3) is 16.8 Å². The molecule has 0 atom stereocenters. The molecular formula is C21H18FN5O2. The topological polar surface area (TPSA) is 92.1 Å². The minimum atomic E-state index is -0.421. The molecule has 0 saturated carbocycles. The van der Waals surface area contributed by atoms with Gasteiger partial charge < -0.3 is 5.32 Å². The lowest BCUT2D eigenvalue weighted by Gasteiger charge is -2.06. The van der Waals surface area contributed by atoms with Gasteiger partial charge >= 0.3 is 0 Å². The SMILES string of the molecule is Cc1cccc(CNC(=O)Cc2n[nH]c(=O)c3cc(-c4ccc(F)cc4)nn23)c1. The smallest absolute Gasteiger partial charge is 0.290 e. The van der Waals surface area contributed by atoms with Crippen molar-refractivity contribution in [2.24, 2.45) is 0 Å². The minimum Gasteiger partial charge on any atom is -0.352 e. The van der Waals surface area contributed by atoms with Crippen LogP contribution < -0.4 is 10.9 Å². The second-order valence-corrected chi connectivity index (χ2v) is 6.75. The Hall–Kier alpha value is -3.81. The van der Waals surface area contributed by atoms with E-state index in [1.165, 1.54) is 16.6 Å². The maximum atomic E-state index is 13.2. The number of aryl methyl sites for hydroxylation is 1. The Morgan fingerprint density at radius 1 is 1.17 bits per heavy atom. The molecule has 4 rings (SSSR count). The van der Waals surface area contributed by atoms with Gasteiger partial charge in [0.15, 0.2) is 5.82 Å². The van der Waals surface area contributed by atoms with Crippen molar-refractivity contribution in [3.8, 4) is 11.3 Å². The highest BCUT2D eigenvalue weighted by Crippen LogP contribution is 2.19. The highest BCUT2D eigenvalue weighted by atomic mass is 19.1. The van der Waals surface area contributed by atoms with Gasteiger partial charge in [0.25, 0.3) is 5.56 Å². The van der Waals surface area contributed by atoms with Gasteiger partial charge in [0.2, 0.25) is 5.91 Å². The third kappa shape index (κ3) is 4.06. The van der Waals surface area contributed by atoms with Crippen LogP contribution in [0.2, 0.25) is 0 Å². The van der Waals surface area contributed by atoms with Gasteiger partial charge in [-0.2, -0.15) is 10.2 Å². The van der Waals surface area contributed by atoms with Crippen LogP contribution in [0, 0.1) is 12.7 Å². The number of aromatic nitrogens is 4. The summed E-state index contributed by atoms with van der Waals surface area (Å²) in [5.41, 5.74) is 3.10. The summed E-state index contributed by atoms with van der Waals surface area (Å²) < 4.78 is 14.5. The number of H-pyrrole nitrogens is 1. The molecule has 2 heterocycles. The molecule has 1 amide bonds. The summed E-state index contributed by atoms with van der Waals surface area (Å²) >= 11 is 0. The number of halogens is 1. The van der Waals surface area contributed by atoms with E-state index in [1.807, 2.05) is 31.2 Å². The van der Waals surface area contributed by atoms with Crippen molar-refractivity contribution in [3.05, 3.63) is 87.7 Å². The van der Waals surface area contributed by atoms with Gasteiger partial charge in [0, 0.05) is 12.1 Å². The van der Waals surface area contributed by atoms with Crippen molar-refractivity contribution in [3.63, 3.8) is 0 Å². The summed E-state index contributed by atoms with van der Waals surface area (Å²) in [5.74, 6) is -0.302. The van der Waals surface area contributed by atoms with E-state index in [1.54, 1.807) is 18.2 Å². The molecule has 7 nitrogen and oxygen atoms in total. The number of carbonyl (C=O) groups excluding carboxylic acids is 1. The second kappa shape index (κ2) is 7.67. The molecule has 0 unspecified atom stereocenters. The third-order valence-electron chi connectivity index (χ3n) is 4.50. The molecule has 0 radical (unpaired) electrons. The highest BCUT2D eigenvalue weighted by Gasteiger charge is 2.14. The van der Waals surface area contributed by atoms with Crippen molar-refractivity contribution in [1.82, 2.24) is 25.1 Å². The summed E-state index contributed by atoms with van der Waals surface area (Å²) in [7, 11) is 0. The van der Waals surface area contributed by atoms with Crippen LogP contribution in [0.3, 0.4) is 0 Å². The fraction of sp³-hybridized carbons (Fsp3) is 0.143. The Kier molecular flexibility index (Phi) is 4.90. The van der Waals surface area contributed by atoms with E-state index in [9.17, 15) is 14.0 Å². The standard InChI is InChI=1S/C21H18FN5O2/c1-13-3-2-4-14(9-13)12-23-20(28)11-19-24-25-21(29)18-10-17(26-27(18)19)15-5-7-16(22)8-6-15/h2-10H,11-12H2,1H3,(H,23,28)(H,25,29). The van der Waals surface area contributed by atoms with Crippen molar-refractivity contribution in [2.75, 3.05) is 0 Å². The van der Waals surface area contributed by atoms with E-state index >= 15 is 0 Å². The van der Waals surface area contributed by atoms with Crippen LogP contribution in [0.5, 0.6) is 0 Å². The average Bonchev–Trinajstić information content (AvgIpc) is 3.16. The Labute approximate surface area is 165 Å². The molecule has 0 aliphatic heterocycles. The maximum absolute atomic E-state index is 13.2. The van der Waals surface area contributed by atoms with Gasteiger partial charge in [-0.25, -0.2) is 14.0 Å². The monoisotopic (exact) mass is 391 g/mol. The summed E-state index contributed by atoms with van der Waals surface area (Å²) in [5, 5.41) is 13.6. The Balaban J connectivity index is 1.57. The van der Waals surface area contributed by atoms with Crippen LogP contribution in [-0.4, -0.2) is 25.7 Å². The first-order valence-electron chi connectivity index (χ1n) is 9.05. The van der Waals surface area contributed by atoms with Gasteiger partial charge in [-0.15, -0.1) is 0 Å². The molecule has 29 heavy (non-hydrogen) atoms. The Morgan fingerprint density at radius 3 is 2.72 bits per heavy atom. The fourth-order valence-electron chi connectivity index (χ4n) is 3.06. The predicted molar refractivity (Wildman–Crippen MR) is 106 cm³/mol. The summed E-state index contributed by atoms with van der Waals surface area (Å²) in [4.78, 5) is 24.5. The van der Waals surface area contributed by atoms with E-state index in [2.05, 4.69) is 20.6 Å². The molecule has 2 N–H and O–H groups in total. The second-order valence-electron chi connectivity index (χ2n) is 6.75. The van der Waals surface area contributed by atoms with Gasteiger partial charge in [-0.1, -0.05) is 29.8 Å². The van der Waals surface area contributed by atoms with Gasteiger partial charge in [0.05, 0.1) is 12.1 Å². The molecule has 146 valence electrons. The minimum absolute atomic E-state index is 0.0520. The number of hydrogen-bond acceptors (Lipinski definition) is 4. The molecule has 0 aliphatic carbocycles. The lowest BCUT2D eigenvalue weighted by molar-refractivity contribution is -0.120. The molecule has 0 spiro atoms. The van der Waals surface area contributed by atoms with Crippen LogP contribution in [0.4, 0.5) is 4.39 Å². The van der Waals surface area contributed by atoms with Crippen molar-refractivity contribution < 1.29 is 9.18 Å².